The molecule has 0 aromatic heterocycles. The standard InChI is InChI=1S/6C6H16NSi.2C4H8O.2Y/c6*1-6(2,3)7-8(4)5;2*1-2-4-5-3-1;;/h6*8H,1-5H3;2*1-4H2;;/q6*-1;;;2*+3. The molecule has 0 amide bonds. The Kier molecular flexibility index (Phi) is 58.1. The Balaban J connectivity index is -0.0000000858. The fraction of sp³-hybridized carbons (Fsp3) is 1.00. The van der Waals surface area contributed by atoms with Crippen molar-refractivity contribution in [1.29, 1.82) is 0 Å². The van der Waals surface area contributed by atoms with E-state index in [0.29, 0.717) is 0 Å². The summed E-state index contributed by atoms with van der Waals surface area (Å²) in [5.41, 5.74) is 1.25. The van der Waals surface area contributed by atoms with E-state index in [-0.39, 0.29) is 98.7 Å². The van der Waals surface area contributed by atoms with Crippen molar-refractivity contribution in [2.45, 2.75) is 262 Å². The zero-order valence-corrected chi connectivity index (χ0v) is 59.4. The fourth-order valence-electron chi connectivity index (χ4n) is 5.67. The van der Waals surface area contributed by atoms with Gasteiger partial charge in [0, 0.05) is 26.4 Å². The average molecular weight is 1100 g/mol. The van der Waals surface area contributed by atoms with Crippen LogP contribution >= 0.6 is 0 Å². The van der Waals surface area contributed by atoms with Gasteiger partial charge in [-0.25, -0.2) is 0 Å². The first-order valence-corrected chi connectivity index (χ1v) is 39.9. The average Bonchev–Trinajstić information content (AvgIpc) is 3.61. The van der Waals surface area contributed by atoms with Gasteiger partial charge in [0.2, 0.25) is 0 Å². The zero-order chi connectivity index (χ0) is 47.8. The quantitative estimate of drug-likeness (QED) is 0.247. The van der Waals surface area contributed by atoms with Gasteiger partial charge in [0.15, 0.2) is 0 Å². The topological polar surface area (TPSA) is 103 Å². The Labute approximate surface area is 442 Å². The zero-order valence-electron chi connectivity index (χ0n) is 46.8. The summed E-state index contributed by atoms with van der Waals surface area (Å²) >= 11 is 0. The van der Waals surface area contributed by atoms with Crippen molar-refractivity contribution in [3.8, 4) is 0 Å². The van der Waals surface area contributed by atoms with Crippen LogP contribution in [0.3, 0.4) is 0 Å². The molecule has 0 atom stereocenters. The smallest absolute Gasteiger partial charge is 0.663 e. The van der Waals surface area contributed by atoms with Crippen LogP contribution in [-0.4, -0.2) is 113 Å². The molecule has 0 aromatic rings. The first-order chi connectivity index (χ1) is 25.5. The van der Waals surface area contributed by atoms with Crippen molar-refractivity contribution in [3.63, 3.8) is 0 Å². The number of ether oxygens (including phenoxy) is 2. The third kappa shape index (κ3) is 119. The molecule has 2 aliphatic rings. The summed E-state index contributed by atoms with van der Waals surface area (Å²) in [7, 11) is -4.02. The molecule has 0 radical (unpaired) electrons. The van der Waals surface area contributed by atoms with Crippen LogP contribution in [0.1, 0.15) is 150 Å². The number of hydrogen-bond donors (Lipinski definition) is 0. The van der Waals surface area contributed by atoms with Crippen LogP contribution < -0.4 is 0 Å². The van der Waals surface area contributed by atoms with Gasteiger partial charge in [-0.05, 0) is 25.7 Å². The summed E-state index contributed by atoms with van der Waals surface area (Å²) in [5.74, 6) is 0. The molecule has 0 saturated carbocycles. The van der Waals surface area contributed by atoms with Crippen LogP contribution in [0, 0.1) is 0 Å². The van der Waals surface area contributed by atoms with E-state index in [2.05, 4.69) is 233 Å². The van der Waals surface area contributed by atoms with Crippen molar-refractivity contribution >= 4 is 53.7 Å². The first-order valence-electron chi connectivity index (χ1n) is 23.0. The minimum absolute atomic E-state index is 0. The van der Waals surface area contributed by atoms with Gasteiger partial charge >= 0.3 is 65.4 Å². The predicted molar refractivity (Wildman–Crippen MR) is 292 cm³/mol. The van der Waals surface area contributed by atoms with Crippen molar-refractivity contribution in [1.82, 2.24) is 0 Å². The van der Waals surface area contributed by atoms with Gasteiger partial charge in [0.1, 0.15) is 0 Å². The molecular formula is C44H112N6O2Si6Y2. The van der Waals surface area contributed by atoms with Crippen molar-refractivity contribution in [2.24, 2.45) is 0 Å². The second-order valence-corrected chi connectivity index (χ2v) is 37.7. The molecule has 16 heteroatoms. The van der Waals surface area contributed by atoms with Gasteiger partial charge < -0.3 is 39.4 Å². The second-order valence-electron chi connectivity index (χ2n) is 23.0. The Bertz CT molecular complexity index is 680. The Morgan fingerprint density at radius 2 is 0.350 bits per heavy atom. The van der Waals surface area contributed by atoms with E-state index in [1.54, 1.807) is 0 Å². The third-order valence-corrected chi connectivity index (χ3v) is 13.3. The Morgan fingerprint density at radius 1 is 0.250 bits per heavy atom. The van der Waals surface area contributed by atoms with E-state index < -0.39 is 53.7 Å². The maximum Gasteiger partial charge on any atom is 3.00 e. The maximum absolute atomic E-state index is 4.94. The molecule has 0 N–H and O–H groups in total. The van der Waals surface area contributed by atoms with Crippen LogP contribution in [0.4, 0.5) is 0 Å². The molecule has 2 aliphatic heterocycles. The molecule has 8 nitrogen and oxygen atoms in total. The molecule has 0 aliphatic carbocycles. The van der Waals surface area contributed by atoms with Crippen LogP contribution in [0.5, 0.6) is 0 Å². The van der Waals surface area contributed by atoms with Crippen molar-refractivity contribution in [3.05, 3.63) is 29.9 Å². The maximum atomic E-state index is 4.94. The number of nitrogens with zero attached hydrogens (tertiary/aromatic N) is 6. The van der Waals surface area contributed by atoms with Crippen LogP contribution in [-0.2, 0) is 74.9 Å². The minimum Gasteiger partial charge on any atom is -0.663 e. The monoisotopic (exact) mass is 1100 g/mol. The number of rotatable bonds is 6. The Morgan fingerprint density at radius 3 is 0.367 bits per heavy atom. The molecule has 2 heterocycles. The van der Waals surface area contributed by atoms with Crippen LogP contribution in [0.15, 0.2) is 0 Å². The molecule has 0 spiro atoms. The van der Waals surface area contributed by atoms with E-state index >= 15 is 0 Å². The van der Waals surface area contributed by atoms with E-state index in [0.717, 1.165) is 26.4 Å². The summed E-state index contributed by atoms with van der Waals surface area (Å²) in [6, 6.07) is 0. The third-order valence-electron chi connectivity index (χ3n) is 5.53. The van der Waals surface area contributed by atoms with Crippen molar-refractivity contribution < 1.29 is 74.9 Å². The normalized spacial score (nSPS) is 14.2. The van der Waals surface area contributed by atoms with E-state index in [9.17, 15) is 0 Å². The van der Waals surface area contributed by atoms with E-state index in [1.807, 2.05) is 0 Å². The van der Waals surface area contributed by atoms with Gasteiger partial charge in [0.05, 0.1) is 0 Å². The molecule has 0 aromatic carbocycles. The van der Waals surface area contributed by atoms with Crippen LogP contribution in [0.2, 0.25) is 78.6 Å². The van der Waals surface area contributed by atoms with E-state index in [4.69, 9.17) is 9.47 Å². The Hall–Kier alpha value is 3.19. The summed E-state index contributed by atoms with van der Waals surface area (Å²) < 4.78 is 9.89. The summed E-state index contributed by atoms with van der Waals surface area (Å²) in [6.07, 6.45) is 5.11. The van der Waals surface area contributed by atoms with Gasteiger partial charge in [-0.3, -0.25) is 0 Å². The van der Waals surface area contributed by atoms with Gasteiger partial charge in [-0.15, -0.1) is 33.2 Å². The van der Waals surface area contributed by atoms with Gasteiger partial charge in [-0.2, -0.15) is 0 Å². The SMILES string of the molecule is C1CCOC1.C1CCOC1.C[SiH](C)[N-]C(C)(C)C.C[SiH](C)[N-]C(C)(C)C.C[SiH](C)[N-]C(C)(C)C.C[SiH](C)[N-]C(C)(C)C.C[SiH](C)[N-]C(C)(C)C.C[SiH](C)[N-]C(C)(C)C.[Y+3].[Y+3]. The number of hydrogen-bond acceptors (Lipinski definition) is 2. The largest absolute Gasteiger partial charge is 3.00 e. The minimum atomic E-state index is -0.671. The second kappa shape index (κ2) is 43.5. The van der Waals surface area contributed by atoms with Gasteiger partial charge in [-0.1, -0.05) is 257 Å². The molecule has 2 rings (SSSR count). The molecule has 0 bridgehead atoms. The molecule has 60 heavy (non-hydrogen) atoms. The molecular weight excluding hydrogens is 991 g/mol. The summed E-state index contributed by atoms with van der Waals surface area (Å²) in [4.78, 5) is 27.3. The molecule has 2 saturated heterocycles. The van der Waals surface area contributed by atoms with Crippen molar-refractivity contribution in [2.75, 3.05) is 26.4 Å². The predicted octanol–water partition coefficient (Wildman–Crippen LogP) is 14.4. The molecule has 360 valence electrons. The van der Waals surface area contributed by atoms with Crippen LogP contribution in [0.25, 0.3) is 29.9 Å². The molecule has 0 unspecified atom stereocenters. The van der Waals surface area contributed by atoms with E-state index in [1.165, 1.54) is 25.7 Å². The summed E-state index contributed by atoms with van der Waals surface area (Å²) in [5, 5.41) is 0. The first kappa shape index (κ1) is 80.2. The van der Waals surface area contributed by atoms with Gasteiger partial charge in [0.25, 0.3) is 0 Å². The summed E-state index contributed by atoms with van der Waals surface area (Å²) in [6.45, 7) is 69.6. The fourth-order valence-corrected chi connectivity index (χ4v) is 15.0. The molecule has 2 fully saturated rings.